The first-order chi connectivity index (χ1) is 8.83. The summed E-state index contributed by atoms with van der Waals surface area (Å²) >= 11 is 0. The Morgan fingerprint density at radius 1 is 1.42 bits per heavy atom. The second-order valence-corrected chi connectivity index (χ2v) is 5.32. The molecule has 0 aromatic carbocycles. The zero-order valence-corrected chi connectivity index (χ0v) is 11.5. The van der Waals surface area contributed by atoms with Crippen molar-refractivity contribution in [1.29, 1.82) is 0 Å². The molecule has 5 nitrogen and oxygen atoms in total. The minimum Gasteiger partial charge on any atom is -0.481 e. The van der Waals surface area contributed by atoms with Gasteiger partial charge in [-0.05, 0) is 12.1 Å². The quantitative estimate of drug-likeness (QED) is 0.817. The molecule has 0 aliphatic carbocycles. The molecule has 1 atom stereocenters. The molecule has 0 radical (unpaired) electrons. The van der Waals surface area contributed by atoms with Crippen LogP contribution in [0.5, 0.6) is 0 Å². The van der Waals surface area contributed by atoms with Crippen LogP contribution in [0.15, 0.2) is 24.4 Å². The van der Waals surface area contributed by atoms with Gasteiger partial charge < -0.3 is 10.4 Å². The standard InChI is InChI=1S/C14H20N2O3/c1-10(8-12(17)18)13(19)16-9-14(2,3)11-6-4-5-7-15-11/h4-7,10H,8-9H2,1-3H3,(H,16,19)(H,17,18). The van der Waals surface area contributed by atoms with Gasteiger partial charge in [0.2, 0.25) is 5.91 Å². The van der Waals surface area contributed by atoms with Crippen LogP contribution in [0.3, 0.4) is 0 Å². The summed E-state index contributed by atoms with van der Waals surface area (Å²) < 4.78 is 0. The maximum atomic E-state index is 11.8. The number of carbonyl (C=O) groups is 2. The molecule has 0 bridgehead atoms. The number of aromatic nitrogens is 1. The molecule has 1 unspecified atom stereocenters. The SMILES string of the molecule is CC(CC(=O)O)C(=O)NCC(C)(C)c1ccccn1. The molecule has 1 amide bonds. The second-order valence-electron chi connectivity index (χ2n) is 5.32. The number of carbonyl (C=O) groups excluding carboxylic acids is 1. The molecule has 104 valence electrons. The molecule has 19 heavy (non-hydrogen) atoms. The van der Waals surface area contributed by atoms with E-state index >= 15 is 0 Å². The van der Waals surface area contributed by atoms with E-state index in [0.717, 1.165) is 5.69 Å². The van der Waals surface area contributed by atoms with Crippen molar-refractivity contribution in [2.45, 2.75) is 32.6 Å². The lowest BCUT2D eigenvalue weighted by atomic mass is 9.88. The minimum absolute atomic E-state index is 0.157. The first kappa shape index (κ1) is 15.1. The van der Waals surface area contributed by atoms with E-state index in [2.05, 4.69) is 10.3 Å². The Balaban J connectivity index is 2.56. The Labute approximate surface area is 113 Å². The van der Waals surface area contributed by atoms with Gasteiger partial charge in [-0.1, -0.05) is 26.8 Å². The van der Waals surface area contributed by atoms with Crippen LogP contribution in [0.1, 0.15) is 32.9 Å². The maximum Gasteiger partial charge on any atom is 0.304 e. The molecule has 1 aromatic heterocycles. The number of amides is 1. The molecular formula is C14H20N2O3. The highest BCUT2D eigenvalue weighted by Crippen LogP contribution is 2.19. The minimum atomic E-state index is -0.966. The molecule has 0 saturated heterocycles. The first-order valence-electron chi connectivity index (χ1n) is 6.24. The molecule has 5 heteroatoms. The molecule has 2 N–H and O–H groups in total. The van der Waals surface area contributed by atoms with Crippen molar-refractivity contribution in [2.24, 2.45) is 5.92 Å². The number of hydrogen-bond acceptors (Lipinski definition) is 3. The lowest BCUT2D eigenvalue weighted by Crippen LogP contribution is -2.39. The summed E-state index contributed by atoms with van der Waals surface area (Å²) in [4.78, 5) is 26.6. The van der Waals surface area contributed by atoms with Crippen LogP contribution < -0.4 is 5.32 Å². The molecule has 0 fully saturated rings. The normalized spacial score (nSPS) is 12.8. The molecular weight excluding hydrogens is 244 g/mol. The van der Waals surface area contributed by atoms with Crippen LogP contribution in [-0.2, 0) is 15.0 Å². The van der Waals surface area contributed by atoms with Crippen LogP contribution >= 0.6 is 0 Å². The zero-order chi connectivity index (χ0) is 14.5. The molecule has 1 aromatic rings. The maximum absolute atomic E-state index is 11.8. The van der Waals surface area contributed by atoms with Crippen molar-refractivity contribution in [2.75, 3.05) is 6.54 Å². The van der Waals surface area contributed by atoms with Gasteiger partial charge in [-0.25, -0.2) is 0 Å². The van der Waals surface area contributed by atoms with Crippen LogP contribution in [0.4, 0.5) is 0 Å². The molecule has 0 spiro atoms. The van der Waals surface area contributed by atoms with E-state index < -0.39 is 11.9 Å². The second kappa shape index (κ2) is 6.31. The third kappa shape index (κ3) is 4.69. The van der Waals surface area contributed by atoms with Gasteiger partial charge in [0.05, 0.1) is 6.42 Å². The number of nitrogens with one attached hydrogen (secondary N) is 1. The Bertz CT molecular complexity index is 443. The van der Waals surface area contributed by atoms with Gasteiger partial charge in [0.15, 0.2) is 0 Å². The fraction of sp³-hybridized carbons (Fsp3) is 0.500. The highest BCUT2D eigenvalue weighted by atomic mass is 16.4. The predicted octanol–water partition coefficient (Wildman–Crippen LogP) is 1.59. The van der Waals surface area contributed by atoms with Crippen molar-refractivity contribution in [3.05, 3.63) is 30.1 Å². The molecule has 1 heterocycles. The van der Waals surface area contributed by atoms with E-state index in [9.17, 15) is 9.59 Å². The van der Waals surface area contributed by atoms with E-state index in [4.69, 9.17) is 5.11 Å². The summed E-state index contributed by atoms with van der Waals surface area (Å²) in [6, 6.07) is 5.65. The average molecular weight is 264 g/mol. The number of carboxylic acid groups (broad SMARTS) is 1. The number of aliphatic carboxylic acids is 1. The molecule has 0 saturated carbocycles. The number of carboxylic acids is 1. The summed E-state index contributed by atoms with van der Waals surface area (Å²) in [5, 5.41) is 11.4. The smallest absolute Gasteiger partial charge is 0.304 e. The highest BCUT2D eigenvalue weighted by Gasteiger charge is 2.24. The lowest BCUT2D eigenvalue weighted by molar-refractivity contribution is -0.140. The van der Waals surface area contributed by atoms with Crippen LogP contribution in [0, 0.1) is 5.92 Å². The summed E-state index contributed by atoms with van der Waals surface area (Å²) in [5.74, 6) is -1.74. The van der Waals surface area contributed by atoms with Gasteiger partial charge in [0.1, 0.15) is 0 Å². The van der Waals surface area contributed by atoms with Gasteiger partial charge in [-0.15, -0.1) is 0 Å². The third-order valence-electron chi connectivity index (χ3n) is 2.99. The monoisotopic (exact) mass is 264 g/mol. The van der Waals surface area contributed by atoms with Crippen molar-refractivity contribution in [3.63, 3.8) is 0 Å². The molecule has 1 rings (SSSR count). The summed E-state index contributed by atoms with van der Waals surface area (Å²) in [6.45, 7) is 6.00. The summed E-state index contributed by atoms with van der Waals surface area (Å²) in [5.41, 5.74) is 0.598. The first-order valence-corrected chi connectivity index (χ1v) is 6.24. The Morgan fingerprint density at radius 2 is 2.11 bits per heavy atom. The Morgan fingerprint density at radius 3 is 2.63 bits per heavy atom. The van der Waals surface area contributed by atoms with Crippen molar-refractivity contribution >= 4 is 11.9 Å². The Hall–Kier alpha value is -1.91. The fourth-order valence-electron chi connectivity index (χ4n) is 1.69. The average Bonchev–Trinajstić information content (AvgIpc) is 2.36. The van der Waals surface area contributed by atoms with Crippen LogP contribution in [-0.4, -0.2) is 28.5 Å². The van der Waals surface area contributed by atoms with E-state index in [-0.39, 0.29) is 17.7 Å². The number of pyridine rings is 1. The Kier molecular flexibility index (Phi) is 5.03. The van der Waals surface area contributed by atoms with Gasteiger partial charge in [0.25, 0.3) is 0 Å². The summed E-state index contributed by atoms with van der Waals surface area (Å²) in [7, 11) is 0. The number of hydrogen-bond donors (Lipinski definition) is 2. The summed E-state index contributed by atoms with van der Waals surface area (Å²) in [6.07, 6.45) is 1.56. The zero-order valence-electron chi connectivity index (χ0n) is 11.5. The van der Waals surface area contributed by atoms with Crippen molar-refractivity contribution < 1.29 is 14.7 Å². The largest absolute Gasteiger partial charge is 0.481 e. The van der Waals surface area contributed by atoms with Gasteiger partial charge in [-0.2, -0.15) is 0 Å². The lowest BCUT2D eigenvalue weighted by Gasteiger charge is -2.25. The van der Waals surface area contributed by atoms with Gasteiger partial charge >= 0.3 is 5.97 Å². The van der Waals surface area contributed by atoms with Crippen molar-refractivity contribution in [1.82, 2.24) is 10.3 Å². The molecule has 0 aliphatic heterocycles. The predicted molar refractivity (Wildman–Crippen MR) is 71.7 cm³/mol. The number of rotatable bonds is 6. The van der Waals surface area contributed by atoms with E-state index in [1.54, 1.807) is 13.1 Å². The van der Waals surface area contributed by atoms with Crippen LogP contribution in [0.2, 0.25) is 0 Å². The van der Waals surface area contributed by atoms with Crippen molar-refractivity contribution in [3.8, 4) is 0 Å². The molecule has 0 aliphatic rings. The van der Waals surface area contributed by atoms with Gasteiger partial charge in [-0.3, -0.25) is 14.6 Å². The van der Waals surface area contributed by atoms with E-state index in [0.29, 0.717) is 6.54 Å². The number of nitrogens with zero attached hydrogens (tertiary/aromatic N) is 1. The van der Waals surface area contributed by atoms with Gasteiger partial charge in [0, 0.05) is 29.8 Å². The van der Waals surface area contributed by atoms with E-state index in [1.165, 1.54) is 0 Å². The fourth-order valence-corrected chi connectivity index (χ4v) is 1.69. The van der Waals surface area contributed by atoms with Crippen LogP contribution in [0.25, 0.3) is 0 Å². The third-order valence-corrected chi connectivity index (χ3v) is 2.99. The van der Waals surface area contributed by atoms with E-state index in [1.807, 2.05) is 32.0 Å². The topological polar surface area (TPSA) is 79.3 Å². The highest BCUT2D eigenvalue weighted by molar-refractivity contribution is 5.82.